The molecule has 9 rings (SSSR count). The molecular formula is C96H112N8O20. The lowest BCUT2D eigenvalue weighted by Crippen LogP contribution is -2.41. The van der Waals surface area contributed by atoms with Crippen molar-refractivity contribution in [1.29, 1.82) is 0 Å². The van der Waals surface area contributed by atoms with E-state index in [2.05, 4.69) is 42.5 Å². The second kappa shape index (κ2) is 44.4. The maximum absolute atomic E-state index is 14.3. The van der Waals surface area contributed by atoms with Crippen LogP contribution in [0.1, 0.15) is 172 Å². The van der Waals surface area contributed by atoms with Crippen LogP contribution in [-0.4, -0.2) is 150 Å². The molecule has 0 heterocycles. The molecule has 0 unspecified atom stereocenters. The van der Waals surface area contributed by atoms with E-state index in [0.717, 1.165) is 44.5 Å². The average molecular weight is 1700 g/mol. The van der Waals surface area contributed by atoms with Gasteiger partial charge in [0, 0.05) is 25.7 Å². The van der Waals surface area contributed by atoms with Crippen LogP contribution in [0.3, 0.4) is 0 Å². The van der Waals surface area contributed by atoms with E-state index in [1.807, 2.05) is 156 Å². The third-order valence-corrected chi connectivity index (χ3v) is 19.8. The number of esters is 4. The van der Waals surface area contributed by atoms with Crippen molar-refractivity contribution >= 4 is 71.1 Å². The van der Waals surface area contributed by atoms with Crippen LogP contribution in [0.15, 0.2) is 170 Å². The van der Waals surface area contributed by atoms with Crippen LogP contribution in [-0.2, 0) is 150 Å². The number of rotatable bonds is 36. The highest BCUT2D eigenvalue weighted by atomic mass is 16.5. The first-order valence-corrected chi connectivity index (χ1v) is 41.0. The van der Waals surface area contributed by atoms with Crippen LogP contribution in [0.5, 0.6) is 23.0 Å². The smallest absolute Gasteiger partial charge is 0.325 e. The van der Waals surface area contributed by atoms with E-state index in [-0.39, 0.29) is 75.1 Å². The maximum atomic E-state index is 14.3. The Morgan fingerprint density at radius 2 is 0.395 bits per heavy atom. The standard InChI is InChI=1S/C96H112N8O20/c1-93(2,3)73-37-65-33-67-39-74(94(4,5)6)41-69(90(67)122-58-82(110)98-46-78(106)102-50-86(114)118-54-62-27-19-14-20-28-62)35-71-43-76(96(10,11)12)44-72(92(71)124-60-84(112)100-48-80(108)104-52-88(116)120-56-64-31-23-16-24-32-64)36-70-42-75(95(7,8)9)40-68(91(70)123-59-83(111)99-47-79(107)103-51-87(115)119-55-63-29-21-15-22-30-63)34-66(38-73)89(65)121-57-81(109)97-45-77(105)101-49-85(113)117-53-61-25-17-13-18-26-61/h13-32,37-44H,33-36,45-60H2,1-12H3,(H,97,109)(H,98,110)(H,99,111)(H,100,112)(H,101,105)(H,102,106)(H,103,107)(H,104,108). The summed E-state index contributed by atoms with van der Waals surface area (Å²) in [5.41, 5.74) is 7.87. The van der Waals surface area contributed by atoms with Crippen molar-refractivity contribution in [3.63, 3.8) is 0 Å². The Bertz CT molecular complexity index is 4400. The van der Waals surface area contributed by atoms with E-state index in [1.54, 1.807) is 97.1 Å². The topological polar surface area (TPSA) is 375 Å². The predicted octanol–water partition coefficient (Wildman–Crippen LogP) is 8.97. The van der Waals surface area contributed by atoms with Gasteiger partial charge in [-0.15, -0.1) is 0 Å². The summed E-state index contributed by atoms with van der Waals surface area (Å²) in [5.74, 6) is -7.61. The Morgan fingerprint density at radius 1 is 0.234 bits per heavy atom. The number of carbonyl (C=O) groups is 12. The third kappa shape index (κ3) is 30.6. The van der Waals surface area contributed by atoms with E-state index in [1.165, 1.54) is 0 Å². The van der Waals surface area contributed by atoms with E-state index >= 15 is 0 Å². The Balaban J connectivity index is 1.15. The summed E-state index contributed by atoms with van der Waals surface area (Å²) in [4.78, 5) is 162. The van der Waals surface area contributed by atoms with Gasteiger partial charge >= 0.3 is 23.9 Å². The molecule has 1 aliphatic rings. The first-order chi connectivity index (χ1) is 58.9. The SMILES string of the molecule is CC(C)(C)c1cc2c(OCC(=O)NCC(=O)NCC(=O)OCc3ccccc3)c(c1)Cc1cc(C(C)(C)C)cc(c1OCC(=O)NCC(=O)NCC(=O)OCc1ccccc1)Cc1cc(C(C)(C)C)cc(c1OCC(=O)NCC(=O)NCC(=O)OCc1ccccc1)Cc1cc(C(C)(C)C)cc(c1OCC(=O)NCC(=O)NCC(=O)OCc1ccccc1)C2. The molecule has 0 atom stereocenters. The summed E-state index contributed by atoms with van der Waals surface area (Å²) in [6, 6.07) is 51.7. The zero-order valence-electron chi connectivity index (χ0n) is 72.5. The van der Waals surface area contributed by atoms with Gasteiger partial charge < -0.3 is 80.4 Å². The van der Waals surface area contributed by atoms with Crippen LogP contribution in [0, 0.1) is 0 Å². The lowest BCUT2D eigenvalue weighted by atomic mass is 9.79. The van der Waals surface area contributed by atoms with Crippen LogP contribution < -0.4 is 61.5 Å². The Labute approximate surface area is 723 Å². The van der Waals surface area contributed by atoms with Crippen LogP contribution >= 0.6 is 0 Å². The van der Waals surface area contributed by atoms with Gasteiger partial charge in [0.15, 0.2) is 26.4 Å². The van der Waals surface area contributed by atoms with Gasteiger partial charge in [0.1, 0.15) is 75.6 Å². The van der Waals surface area contributed by atoms with Gasteiger partial charge in [-0.1, -0.05) is 253 Å². The Kier molecular flexibility index (Phi) is 33.8. The van der Waals surface area contributed by atoms with Crippen molar-refractivity contribution < 1.29 is 95.4 Å². The molecule has 124 heavy (non-hydrogen) atoms. The zero-order chi connectivity index (χ0) is 89.7. The molecule has 0 saturated carbocycles. The molecule has 28 heteroatoms. The lowest BCUT2D eigenvalue weighted by molar-refractivity contribution is -0.145. The van der Waals surface area contributed by atoms with Crippen LogP contribution in [0.25, 0.3) is 0 Å². The molecular weight excluding hydrogens is 1590 g/mol. The molecule has 0 radical (unpaired) electrons. The second-order valence-corrected chi connectivity index (χ2v) is 34.2. The monoisotopic (exact) mass is 1700 g/mol. The summed E-state index contributed by atoms with van der Waals surface area (Å²) in [6.45, 7) is 17.5. The fourth-order valence-electron chi connectivity index (χ4n) is 12.9. The van der Waals surface area contributed by atoms with Crippen molar-refractivity contribution in [2.24, 2.45) is 0 Å². The van der Waals surface area contributed by atoms with E-state index < -0.39 is 172 Å². The van der Waals surface area contributed by atoms with Crippen LogP contribution in [0.4, 0.5) is 0 Å². The van der Waals surface area contributed by atoms with Crippen molar-refractivity contribution in [3.8, 4) is 23.0 Å². The molecule has 1 aliphatic carbocycles. The quantitative estimate of drug-likeness (QED) is 0.0134. The molecule has 0 saturated heterocycles. The van der Waals surface area contributed by atoms with Crippen molar-refractivity contribution in [2.75, 3.05) is 78.8 Å². The van der Waals surface area contributed by atoms with Gasteiger partial charge in [-0.25, -0.2) is 0 Å². The van der Waals surface area contributed by atoms with E-state index in [0.29, 0.717) is 44.5 Å². The molecule has 0 aliphatic heterocycles. The maximum Gasteiger partial charge on any atom is 0.325 e. The summed E-state index contributed by atoms with van der Waals surface area (Å²) >= 11 is 0. The minimum atomic E-state index is -0.723. The molecule has 8 bridgehead atoms. The molecule has 0 aromatic heterocycles. The van der Waals surface area contributed by atoms with Gasteiger partial charge in [0.25, 0.3) is 23.6 Å². The molecule has 28 nitrogen and oxygen atoms in total. The number of hydrogen-bond donors (Lipinski definition) is 8. The van der Waals surface area contributed by atoms with Gasteiger partial charge in [-0.05, 0) is 111 Å². The molecule has 656 valence electrons. The Hall–Kier alpha value is -13.4. The number of hydrogen-bond acceptors (Lipinski definition) is 20. The third-order valence-electron chi connectivity index (χ3n) is 19.8. The van der Waals surface area contributed by atoms with Gasteiger partial charge in [0.2, 0.25) is 23.6 Å². The molecule has 0 fully saturated rings. The van der Waals surface area contributed by atoms with Crippen molar-refractivity contribution in [3.05, 3.63) is 259 Å². The number of nitrogens with one attached hydrogen (secondary N) is 8. The number of ether oxygens (including phenoxy) is 8. The lowest BCUT2D eigenvalue weighted by Gasteiger charge is -2.29. The van der Waals surface area contributed by atoms with Gasteiger partial charge in [0.05, 0.1) is 26.2 Å². The fourth-order valence-corrected chi connectivity index (χ4v) is 12.9. The fraction of sp³-hybridized carbons (Fsp3) is 0.375. The van der Waals surface area contributed by atoms with Crippen molar-refractivity contribution in [2.45, 2.75) is 157 Å². The predicted molar refractivity (Wildman–Crippen MR) is 463 cm³/mol. The highest BCUT2D eigenvalue weighted by molar-refractivity contribution is 5.90. The molecule has 0 spiro atoms. The highest BCUT2D eigenvalue weighted by Gasteiger charge is 2.32. The largest absolute Gasteiger partial charge is 0.483 e. The molecule has 8 amide bonds. The highest BCUT2D eigenvalue weighted by Crippen LogP contribution is 2.45. The summed E-state index contributed by atoms with van der Waals surface area (Å²) < 4.78 is 48.9. The van der Waals surface area contributed by atoms with Gasteiger partial charge in [-0.2, -0.15) is 0 Å². The van der Waals surface area contributed by atoms with Crippen molar-refractivity contribution in [1.82, 2.24) is 42.5 Å². The van der Waals surface area contributed by atoms with E-state index in [4.69, 9.17) is 37.9 Å². The minimum absolute atomic E-state index is 0.0197. The number of carbonyl (C=O) groups excluding carboxylic acids is 12. The number of amides is 8. The summed E-state index contributed by atoms with van der Waals surface area (Å²) in [6.07, 6.45) is -0.144. The summed E-state index contributed by atoms with van der Waals surface area (Å²) in [5, 5.41) is 20.4. The van der Waals surface area contributed by atoms with Crippen LogP contribution in [0.2, 0.25) is 0 Å². The Morgan fingerprint density at radius 3 is 0.556 bits per heavy atom. The number of fused-ring (bicyclic) bond motifs is 8. The zero-order valence-corrected chi connectivity index (χ0v) is 72.5. The molecule has 8 N–H and O–H groups in total. The first-order valence-electron chi connectivity index (χ1n) is 41.0. The number of benzene rings is 8. The molecule has 8 aromatic rings. The first kappa shape index (κ1) is 94.5. The average Bonchev–Trinajstić information content (AvgIpc) is 0.799. The molecule has 8 aromatic carbocycles. The second-order valence-electron chi connectivity index (χ2n) is 34.2. The summed E-state index contributed by atoms with van der Waals surface area (Å²) in [7, 11) is 0. The van der Waals surface area contributed by atoms with Gasteiger partial charge in [-0.3, -0.25) is 57.5 Å². The normalized spacial score (nSPS) is 11.8. The van der Waals surface area contributed by atoms with E-state index in [9.17, 15) is 57.5 Å². The minimum Gasteiger partial charge on any atom is -0.483 e.